The van der Waals surface area contributed by atoms with Gasteiger partial charge in [-0.25, -0.2) is 0 Å². The van der Waals surface area contributed by atoms with E-state index in [1.165, 1.54) is 12.1 Å². The fourth-order valence-electron chi connectivity index (χ4n) is 1.44. The van der Waals surface area contributed by atoms with Crippen LogP contribution in [0.4, 0.5) is 13.2 Å². The molecule has 0 amide bonds. The molecule has 1 aromatic carbocycles. The van der Waals surface area contributed by atoms with Gasteiger partial charge in [0.1, 0.15) is 11.5 Å². The van der Waals surface area contributed by atoms with Gasteiger partial charge in [-0.1, -0.05) is 0 Å². The third-order valence-electron chi connectivity index (χ3n) is 2.48. The summed E-state index contributed by atoms with van der Waals surface area (Å²) < 4.78 is 45.9. The van der Waals surface area contributed by atoms with Crippen LogP contribution in [0.25, 0.3) is 0 Å². The highest BCUT2D eigenvalue weighted by Gasteiger charge is 2.32. The minimum atomic E-state index is -4.70. The van der Waals surface area contributed by atoms with Crippen molar-refractivity contribution in [2.45, 2.75) is 31.7 Å². The molecule has 0 saturated heterocycles. The van der Waals surface area contributed by atoms with E-state index in [1.54, 1.807) is 6.07 Å². The van der Waals surface area contributed by atoms with E-state index in [4.69, 9.17) is 4.74 Å². The number of halogens is 4. The summed E-state index contributed by atoms with van der Waals surface area (Å²) in [4.78, 5) is 0. The van der Waals surface area contributed by atoms with Gasteiger partial charge in [0.25, 0.3) is 0 Å². The molecule has 1 aliphatic rings. The lowest BCUT2D eigenvalue weighted by molar-refractivity contribution is -0.274. The van der Waals surface area contributed by atoms with Crippen LogP contribution in [0.2, 0.25) is 0 Å². The van der Waals surface area contributed by atoms with Crippen LogP contribution in [-0.2, 0) is 0 Å². The number of ether oxygens (including phenoxy) is 2. The van der Waals surface area contributed by atoms with Gasteiger partial charge in [0, 0.05) is 6.07 Å². The van der Waals surface area contributed by atoms with Gasteiger partial charge in [0.15, 0.2) is 0 Å². The molecular formula is C11H10BrF3O2. The second-order valence-corrected chi connectivity index (χ2v) is 4.67. The maximum Gasteiger partial charge on any atom is 0.573 e. The Kier molecular flexibility index (Phi) is 3.51. The first-order valence-corrected chi connectivity index (χ1v) is 5.95. The van der Waals surface area contributed by atoms with Gasteiger partial charge < -0.3 is 9.47 Å². The first-order chi connectivity index (χ1) is 7.94. The van der Waals surface area contributed by atoms with Crippen molar-refractivity contribution in [2.24, 2.45) is 0 Å². The fraction of sp³-hybridized carbons (Fsp3) is 0.455. The Bertz CT molecular complexity index is 402. The molecule has 0 unspecified atom stereocenters. The minimum Gasteiger partial charge on any atom is -0.490 e. The standard InChI is InChI=1S/C11H10BrF3O2/c12-9-5-4-8(16-7-2-1-3-7)6-10(9)17-11(13,14)15/h4-7H,1-3H2. The van der Waals surface area contributed by atoms with Gasteiger partial charge in [-0.15, -0.1) is 13.2 Å². The Hall–Kier alpha value is -0.910. The summed E-state index contributed by atoms with van der Waals surface area (Å²) in [6.45, 7) is 0. The van der Waals surface area contributed by atoms with Crippen LogP contribution >= 0.6 is 15.9 Å². The highest BCUT2D eigenvalue weighted by Crippen LogP contribution is 2.35. The second-order valence-electron chi connectivity index (χ2n) is 3.81. The Morgan fingerprint density at radius 3 is 2.47 bits per heavy atom. The van der Waals surface area contributed by atoms with Gasteiger partial charge in [-0.2, -0.15) is 0 Å². The predicted octanol–water partition coefficient (Wildman–Crippen LogP) is 4.28. The van der Waals surface area contributed by atoms with E-state index in [0.717, 1.165) is 19.3 Å². The van der Waals surface area contributed by atoms with Gasteiger partial charge in [-0.3, -0.25) is 0 Å². The first-order valence-electron chi connectivity index (χ1n) is 5.16. The molecule has 1 aromatic rings. The largest absolute Gasteiger partial charge is 0.573 e. The minimum absolute atomic E-state index is 0.120. The summed E-state index contributed by atoms with van der Waals surface area (Å²) >= 11 is 3.00. The molecule has 6 heteroatoms. The number of hydrogen-bond acceptors (Lipinski definition) is 2. The van der Waals surface area contributed by atoms with E-state index in [-0.39, 0.29) is 16.3 Å². The molecule has 1 fully saturated rings. The molecule has 0 heterocycles. The molecule has 17 heavy (non-hydrogen) atoms. The van der Waals surface area contributed by atoms with Gasteiger partial charge in [0.05, 0.1) is 10.6 Å². The molecule has 0 bridgehead atoms. The predicted molar refractivity (Wildman–Crippen MR) is 59.1 cm³/mol. The molecule has 2 rings (SSSR count). The van der Waals surface area contributed by atoms with Crippen LogP contribution in [0.1, 0.15) is 19.3 Å². The van der Waals surface area contributed by atoms with Crippen LogP contribution in [0.3, 0.4) is 0 Å². The van der Waals surface area contributed by atoms with Crippen molar-refractivity contribution in [1.29, 1.82) is 0 Å². The molecule has 0 aromatic heterocycles. The summed E-state index contributed by atoms with van der Waals surface area (Å²) in [6, 6.07) is 4.34. The molecule has 0 N–H and O–H groups in total. The SMILES string of the molecule is FC(F)(F)Oc1cc(OC2CCC2)ccc1Br. The average Bonchev–Trinajstić information content (AvgIpc) is 2.14. The third kappa shape index (κ3) is 3.52. The molecule has 0 radical (unpaired) electrons. The second kappa shape index (κ2) is 4.76. The Morgan fingerprint density at radius 1 is 1.24 bits per heavy atom. The molecule has 2 nitrogen and oxygen atoms in total. The van der Waals surface area contributed by atoms with Crippen LogP contribution in [0.5, 0.6) is 11.5 Å². The average molecular weight is 311 g/mol. The molecule has 0 atom stereocenters. The van der Waals surface area contributed by atoms with E-state index < -0.39 is 6.36 Å². The third-order valence-corrected chi connectivity index (χ3v) is 3.14. The van der Waals surface area contributed by atoms with E-state index >= 15 is 0 Å². The first kappa shape index (κ1) is 12.5. The summed E-state index contributed by atoms with van der Waals surface area (Å²) in [5.41, 5.74) is 0. The number of benzene rings is 1. The van der Waals surface area contributed by atoms with Crippen LogP contribution < -0.4 is 9.47 Å². The van der Waals surface area contributed by atoms with Crippen LogP contribution in [0, 0.1) is 0 Å². The van der Waals surface area contributed by atoms with Gasteiger partial charge in [0.2, 0.25) is 0 Å². The zero-order valence-electron chi connectivity index (χ0n) is 8.76. The zero-order valence-corrected chi connectivity index (χ0v) is 10.3. The molecule has 0 spiro atoms. The highest BCUT2D eigenvalue weighted by molar-refractivity contribution is 9.10. The van der Waals surface area contributed by atoms with Crippen molar-refractivity contribution < 1.29 is 22.6 Å². The lowest BCUT2D eigenvalue weighted by atomic mass is 9.96. The van der Waals surface area contributed by atoms with Crippen molar-refractivity contribution in [3.63, 3.8) is 0 Å². The van der Waals surface area contributed by atoms with Crippen molar-refractivity contribution in [3.8, 4) is 11.5 Å². The van der Waals surface area contributed by atoms with Crippen LogP contribution in [-0.4, -0.2) is 12.5 Å². The smallest absolute Gasteiger partial charge is 0.490 e. The summed E-state index contributed by atoms with van der Waals surface area (Å²) in [5.74, 6) is 0.117. The lowest BCUT2D eigenvalue weighted by Gasteiger charge is -2.26. The molecule has 94 valence electrons. The van der Waals surface area contributed by atoms with Gasteiger partial charge >= 0.3 is 6.36 Å². The maximum atomic E-state index is 12.1. The molecule has 1 saturated carbocycles. The highest BCUT2D eigenvalue weighted by atomic mass is 79.9. The summed E-state index contributed by atoms with van der Waals surface area (Å²) in [6.07, 6.45) is -1.57. The molecule has 0 aliphatic heterocycles. The van der Waals surface area contributed by atoms with E-state index in [1.807, 2.05) is 0 Å². The van der Waals surface area contributed by atoms with Crippen LogP contribution in [0.15, 0.2) is 22.7 Å². The summed E-state index contributed by atoms with van der Waals surface area (Å²) in [5, 5.41) is 0. The van der Waals surface area contributed by atoms with Crippen molar-refractivity contribution in [2.75, 3.05) is 0 Å². The van der Waals surface area contributed by atoms with Crippen molar-refractivity contribution in [3.05, 3.63) is 22.7 Å². The Labute approximate surface area is 105 Å². The number of hydrogen-bond donors (Lipinski definition) is 0. The Balaban J connectivity index is 2.10. The number of rotatable bonds is 3. The zero-order chi connectivity index (χ0) is 12.5. The monoisotopic (exact) mass is 310 g/mol. The lowest BCUT2D eigenvalue weighted by Crippen LogP contribution is -2.24. The van der Waals surface area contributed by atoms with E-state index in [0.29, 0.717) is 5.75 Å². The van der Waals surface area contributed by atoms with Crippen molar-refractivity contribution >= 4 is 15.9 Å². The van der Waals surface area contributed by atoms with Crippen molar-refractivity contribution in [1.82, 2.24) is 0 Å². The van der Waals surface area contributed by atoms with Gasteiger partial charge in [-0.05, 0) is 47.3 Å². The normalized spacial score (nSPS) is 16.5. The molecular weight excluding hydrogens is 301 g/mol. The topological polar surface area (TPSA) is 18.5 Å². The van der Waals surface area contributed by atoms with E-state index in [2.05, 4.69) is 20.7 Å². The summed E-state index contributed by atoms with van der Waals surface area (Å²) in [7, 11) is 0. The maximum absolute atomic E-state index is 12.1. The number of alkyl halides is 3. The van der Waals surface area contributed by atoms with E-state index in [9.17, 15) is 13.2 Å². The fourth-order valence-corrected chi connectivity index (χ4v) is 1.77. The Morgan fingerprint density at radius 2 is 1.94 bits per heavy atom. The molecule has 1 aliphatic carbocycles. The quantitative estimate of drug-likeness (QED) is 0.829.